The summed E-state index contributed by atoms with van der Waals surface area (Å²) in [6.07, 6.45) is 1.29. The van der Waals surface area contributed by atoms with Gasteiger partial charge in [-0.05, 0) is 12.8 Å². The highest BCUT2D eigenvalue weighted by Gasteiger charge is 2.20. The van der Waals surface area contributed by atoms with Crippen LogP contribution in [0.1, 0.15) is 26.7 Å². The maximum atomic E-state index is 11.4. The first-order chi connectivity index (χ1) is 8.10. The highest BCUT2D eigenvalue weighted by molar-refractivity contribution is 7.90. The van der Waals surface area contributed by atoms with Gasteiger partial charge in [-0.2, -0.15) is 25.3 Å². The molecule has 4 nitrogen and oxygen atoms in total. The van der Waals surface area contributed by atoms with Gasteiger partial charge in [-0.15, -0.1) is 0 Å². The van der Waals surface area contributed by atoms with Crippen molar-refractivity contribution in [2.75, 3.05) is 11.5 Å². The Morgan fingerprint density at radius 1 is 1.00 bits per heavy atom. The second kappa shape index (κ2) is 9.96. The largest absolute Gasteiger partial charge is 0.354 e. The minimum atomic E-state index is -0.417. The molecule has 0 aliphatic rings. The molecule has 0 radical (unpaired) electrons. The third kappa shape index (κ3) is 6.47. The van der Waals surface area contributed by atoms with Gasteiger partial charge in [0.15, 0.2) is 0 Å². The number of carbonyl (C=O) groups excluding carboxylic acids is 2. The van der Waals surface area contributed by atoms with Gasteiger partial charge in [-0.1, -0.05) is 13.8 Å². The lowest BCUT2D eigenvalue weighted by Gasteiger charge is -2.11. The summed E-state index contributed by atoms with van der Waals surface area (Å²) >= 11 is 8.49. The Balaban J connectivity index is 3.90. The van der Waals surface area contributed by atoms with Gasteiger partial charge < -0.3 is 8.37 Å². The van der Waals surface area contributed by atoms with E-state index in [9.17, 15) is 9.59 Å². The summed E-state index contributed by atoms with van der Waals surface area (Å²) in [7, 11) is 0. The van der Waals surface area contributed by atoms with Crippen molar-refractivity contribution in [2.24, 2.45) is 11.8 Å². The van der Waals surface area contributed by atoms with E-state index >= 15 is 0 Å². The van der Waals surface area contributed by atoms with E-state index in [1.54, 1.807) is 0 Å². The fraction of sp³-hybridized carbons (Fsp3) is 0.800. The lowest BCUT2D eigenvalue weighted by atomic mass is 10.1. The third-order valence-electron chi connectivity index (χ3n) is 2.33. The molecule has 0 rings (SSSR count). The van der Waals surface area contributed by atoms with Crippen LogP contribution in [0.25, 0.3) is 0 Å². The van der Waals surface area contributed by atoms with Gasteiger partial charge >= 0.3 is 11.9 Å². The number of rotatable bonds is 8. The monoisotopic (exact) mass is 298 g/mol. The molecule has 0 aliphatic heterocycles. The van der Waals surface area contributed by atoms with Gasteiger partial charge in [0.1, 0.15) is 0 Å². The van der Waals surface area contributed by atoms with Crippen molar-refractivity contribution in [2.45, 2.75) is 26.7 Å². The van der Waals surface area contributed by atoms with Crippen molar-refractivity contribution in [3.63, 3.8) is 0 Å². The van der Waals surface area contributed by atoms with Crippen molar-refractivity contribution >= 4 is 49.5 Å². The summed E-state index contributed by atoms with van der Waals surface area (Å²) in [6.45, 7) is 3.74. The van der Waals surface area contributed by atoms with Crippen LogP contribution in [-0.2, 0) is 18.0 Å². The predicted molar refractivity (Wildman–Crippen MR) is 75.0 cm³/mol. The van der Waals surface area contributed by atoms with Crippen molar-refractivity contribution in [3.8, 4) is 0 Å². The Labute approximate surface area is 117 Å². The second-order valence-electron chi connectivity index (χ2n) is 3.45. The zero-order chi connectivity index (χ0) is 13.3. The van der Waals surface area contributed by atoms with Crippen molar-refractivity contribution < 1.29 is 18.0 Å². The molecule has 2 unspecified atom stereocenters. The summed E-state index contributed by atoms with van der Waals surface area (Å²) in [5, 5.41) is 0. The van der Waals surface area contributed by atoms with Crippen LogP contribution >= 0.6 is 37.6 Å². The fourth-order valence-electron chi connectivity index (χ4n) is 0.961. The van der Waals surface area contributed by atoms with E-state index in [-0.39, 0.29) is 11.8 Å². The van der Waals surface area contributed by atoms with E-state index in [1.165, 1.54) is 0 Å². The highest BCUT2D eigenvalue weighted by Crippen LogP contribution is 2.17. The molecule has 0 saturated heterocycles. The SMILES string of the molecule is CCC(CS)C(=O)OSOC(=O)C(CC)CS. The summed E-state index contributed by atoms with van der Waals surface area (Å²) < 4.78 is 9.51. The molecule has 0 spiro atoms. The van der Waals surface area contributed by atoms with Gasteiger partial charge in [0.2, 0.25) is 0 Å². The van der Waals surface area contributed by atoms with Gasteiger partial charge in [-0.25, -0.2) is 0 Å². The Morgan fingerprint density at radius 3 is 1.59 bits per heavy atom. The molecule has 2 atom stereocenters. The van der Waals surface area contributed by atoms with Gasteiger partial charge in [-0.3, -0.25) is 9.59 Å². The molecular weight excluding hydrogens is 280 g/mol. The normalized spacial score (nSPS) is 13.9. The van der Waals surface area contributed by atoms with E-state index in [0.717, 1.165) is 0 Å². The zero-order valence-corrected chi connectivity index (χ0v) is 12.5. The zero-order valence-electron chi connectivity index (χ0n) is 9.92. The number of hydrogen-bond acceptors (Lipinski definition) is 7. The molecule has 0 bridgehead atoms. The molecule has 0 N–H and O–H groups in total. The van der Waals surface area contributed by atoms with E-state index in [4.69, 9.17) is 8.37 Å². The Hall–Kier alpha value is -0.0100. The molecule has 0 aromatic heterocycles. The molecule has 0 aromatic carbocycles. The number of thiol groups is 2. The van der Waals surface area contributed by atoms with Crippen LogP contribution in [0.3, 0.4) is 0 Å². The average Bonchev–Trinajstić information content (AvgIpc) is 2.32. The fourth-order valence-corrected chi connectivity index (χ4v) is 2.22. The van der Waals surface area contributed by atoms with Gasteiger partial charge in [0, 0.05) is 11.5 Å². The standard InChI is InChI=1S/C10H18O4S3/c1-3-7(5-15)9(11)13-17-14-10(12)8(4-2)6-16/h7-8,15-16H,3-6H2,1-2H3. The van der Waals surface area contributed by atoms with Gasteiger partial charge in [0.25, 0.3) is 12.3 Å². The summed E-state index contributed by atoms with van der Waals surface area (Å²) in [5.41, 5.74) is 0. The van der Waals surface area contributed by atoms with Crippen molar-refractivity contribution in [3.05, 3.63) is 0 Å². The van der Waals surface area contributed by atoms with Crippen LogP contribution in [0.5, 0.6) is 0 Å². The summed E-state index contributed by atoms with van der Waals surface area (Å²) in [4.78, 5) is 22.8. The third-order valence-corrected chi connectivity index (χ3v) is 3.67. The van der Waals surface area contributed by atoms with E-state index in [2.05, 4.69) is 25.3 Å². The molecule has 0 fully saturated rings. The Kier molecular flexibility index (Phi) is 9.96. The molecule has 0 saturated carbocycles. The molecule has 0 aromatic rings. The lowest BCUT2D eigenvalue weighted by Crippen LogP contribution is -2.19. The maximum Gasteiger partial charge on any atom is 0.324 e. The second-order valence-corrected chi connectivity index (χ2v) is 4.65. The number of hydrogen-bond donors (Lipinski definition) is 2. The molecule has 100 valence electrons. The molecule has 0 heterocycles. The first kappa shape index (κ1) is 17.0. The van der Waals surface area contributed by atoms with Crippen LogP contribution in [0.2, 0.25) is 0 Å². The maximum absolute atomic E-state index is 11.4. The summed E-state index contributed by atoms with van der Waals surface area (Å²) in [6, 6.07) is 0. The highest BCUT2D eigenvalue weighted by atomic mass is 32.2. The average molecular weight is 298 g/mol. The van der Waals surface area contributed by atoms with E-state index < -0.39 is 11.9 Å². The van der Waals surface area contributed by atoms with Crippen molar-refractivity contribution in [1.82, 2.24) is 0 Å². The van der Waals surface area contributed by atoms with Gasteiger partial charge in [0.05, 0.1) is 11.8 Å². The molecule has 7 heteroatoms. The molecular formula is C10H18O4S3. The van der Waals surface area contributed by atoms with E-state index in [0.29, 0.717) is 36.7 Å². The molecule has 0 aliphatic carbocycles. The molecule has 0 amide bonds. The van der Waals surface area contributed by atoms with E-state index in [1.807, 2.05) is 13.8 Å². The Morgan fingerprint density at radius 2 is 1.35 bits per heavy atom. The smallest absolute Gasteiger partial charge is 0.324 e. The Bertz CT molecular complexity index is 216. The summed E-state index contributed by atoms with van der Waals surface area (Å²) in [5.74, 6) is -0.540. The minimum Gasteiger partial charge on any atom is -0.354 e. The quantitative estimate of drug-likeness (QED) is 0.533. The van der Waals surface area contributed by atoms with Crippen LogP contribution in [-0.4, -0.2) is 23.4 Å². The number of carbonyl (C=O) groups is 2. The molecule has 17 heavy (non-hydrogen) atoms. The van der Waals surface area contributed by atoms with Crippen LogP contribution < -0.4 is 0 Å². The first-order valence-electron chi connectivity index (χ1n) is 5.41. The first-order valence-corrected chi connectivity index (χ1v) is 7.34. The van der Waals surface area contributed by atoms with Crippen LogP contribution in [0.4, 0.5) is 0 Å². The lowest BCUT2D eigenvalue weighted by molar-refractivity contribution is -0.139. The van der Waals surface area contributed by atoms with Crippen LogP contribution in [0.15, 0.2) is 0 Å². The van der Waals surface area contributed by atoms with Crippen LogP contribution in [0, 0.1) is 11.8 Å². The predicted octanol–water partition coefficient (Wildman–Crippen LogP) is 2.55. The van der Waals surface area contributed by atoms with Crippen molar-refractivity contribution in [1.29, 1.82) is 0 Å². The minimum absolute atomic E-state index is 0.267. The topological polar surface area (TPSA) is 52.6 Å².